The molecule has 0 saturated heterocycles. The summed E-state index contributed by atoms with van der Waals surface area (Å²) in [7, 11) is 0. The van der Waals surface area contributed by atoms with Crippen molar-refractivity contribution in [2.75, 3.05) is 11.9 Å². The Bertz CT molecular complexity index is 625. The van der Waals surface area contributed by atoms with E-state index in [0.29, 0.717) is 13.0 Å². The molecular formula is C20H25NO2. The zero-order valence-corrected chi connectivity index (χ0v) is 14.2. The Morgan fingerprint density at radius 1 is 0.957 bits per heavy atom. The SMILES string of the molecule is CCOc1ccc(CC(=O)Nc2c(CC)cccc2CC)cc1. The highest BCUT2D eigenvalue weighted by molar-refractivity contribution is 5.93. The van der Waals surface area contributed by atoms with Gasteiger partial charge in [-0.15, -0.1) is 0 Å². The summed E-state index contributed by atoms with van der Waals surface area (Å²) in [6.45, 7) is 6.82. The van der Waals surface area contributed by atoms with Gasteiger partial charge in [0.2, 0.25) is 5.91 Å². The number of carbonyl (C=O) groups excluding carboxylic acids is 1. The second-order valence-electron chi connectivity index (χ2n) is 5.46. The van der Waals surface area contributed by atoms with Crippen LogP contribution < -0.4 is 10.1 Å². The molecule has 2 rings (SSSR count). The zero-order chi connectivity index (χ0) is 16.7. The van der Waals surface area contributed by atoms with Crippen LogP contribution in [-0.4, -0.2) is 12.5 Å². The minimum absolute atomic E-state index is 0.0183. The van der Waals surface area contributed by atoms with Crippen molar-refractivity contribution < 1.29 is 9.53 Å². The van der Waals surface area contributed by atoms with Crippen LogP contribution in [0.1, 0.15) is 37.5 Å². The van der Waals surface area contributed by atoms with Crippen molar-refractivity contribution in [1.29, 1.82) is 0 Å². The predicted molar refractivity (Wildman–Crippen MR) is 95.1 cm³/mol. The number of carbonyl (C=O) groups is 1. The molecule has 1 amide bonds. The maximum absolute atomic E-state index is 12.4. The smallest absolute Gasteiger partial charge is 0.228 e. The lowest BCUT2D eigenvalue weighted by molar-refractivity contribution is -0.115. The Labute approximate surface area is 138 Å². The molecule has 2 aromatic carbocycles. The fourth-order valence-corrected chi connectivity index (χ4v) is 2.64. The number of nitrogens with one attached hydrogen (secondary N) is 1. The number of hydrogen-bond donors (Lipinski definition) is 1. The van der Waals surface area contributed by atoms with Crippen molar-refractivity contribution in [1.82, 2.24) is 0 Å². The van der Waals surface area contributed by atoms with Gasteiger partial charge in [0.05, 0.1) is 13.0 Å². The molecule has 3 heteroatoms. The molecule has 0 aliphatic carbocycles. The molecule has 0 atom stereocenters. The van der Waals surface area contributed by atoms with E-state index in [0.717, 1.165) is 29.8 Å². The van der Waals surface area contributed by atoms with E-state index in [-0.39, 0.29) is 5.91 Å². The van der Waals surface area contributed by atoms with E-state index in [2.05, 4.69) is 37.4 Å². The molecule has 1 N–H and O–H groups in total. The van der Waals surface area contributed by atoms with E-state index >= 15 is 0 Å². The van der Waals surface area contributed by atoms with E-state index in [1.54, 1.807) is 0 Å². The monoisotopic (exact) mass is 311 g/mol. The first kappa shape index (κ1) is 17.1. The normalized spacial score (nSPS) is 10.4. The number of hydrogen-bond acceptors (Lipinski definition) is 2. The molecule has 3 nitrogen and oxygen atoms in total. The summed E-state index contributed by atoms with van der Waals surface area (Å²) in [5, 5.41) is 3.10. The van der Waals surface area contributed by atoms with Crippen LogP contribution in [0.15, 0.2) is 42.5 Å². The average molecular weight is 311 g/mol. The Morgan fingerprint density at radius 3 is 2.09 bits per heavy atom. The van der Waals surface area contributed by atoms with Crippen molar-refractivity contribution in [3.8, 4) is 5.75 Å². The molecule has 0 aliphatic heterocycles. The summed E-state index contributed by atoms with van der Waals surface area (Å²) in [4.78, 5) is 12.4. The van der Waals surface area contributed by atoms with E-state index in [9.17, 15) is 4.79 Å². The van der Waals surface area contributed by atoms with Gasteiger partial charge in [-0.3, -0.25) is 4.79 Å². The van der Waals surface area contributed by atoms with Crippen LogP contribution >= 0.6 is 0 Å². The van der Waals surface area contributed by atoms with Crippen LogP contribution in [0, 0.1) is 0 Å². The van der Waals surface area contributed by atoms with Gasteiger partial charge < -0.3 is 10.1 Å². The third-order valence-electron chi connectivity index (χ3n) is 3.86. The number of amides is 1. The summed E-state index contributed by atoms with van der Waals surface area (Å²) in [6.07, 6.45) is 2.19. The number of benzene rings is 2. The molecule has 0 fully saturated rings. The molecule has 0 bridgehead atoms. The van der Waals surface area contributed by atoms with Gasteiger partial charge in [-0.05, 0) is 48.6 Å². The minimum atomic E-state index is 0.0183. The summed E-state index contributed by atoms with van der Waals surface area (Å²) in [6, 6.07) is 13.9. The van der Waals surface area contributed by atoms with Gasteiger partial charge in [0.25, 0.3) is 0 Å². The molecule has 0 aromatic heterocycles. The second-order valence-corrected chi connectivity index (χ2v) is 5.46. The highest BCUT2D eigenvalue weighted by Gasteiger charge is 2.10. The molecule has 23 heavy (non-hydrogen) atoms. The lowest BCUT2D eigenvalue weighted by Gasteiger charge is -2.14. The van der Waals surface area contributed by atoms with Crippen molar-refractivity contribution in [2.45, 2.75) is 40.0 Å². The van der Waals surface area contributed by atoms with Crippen molar-refractivity contribution in [3.05, 3.63) is 59.2 Å². The van der Waals surface area contributed by atoms with Crippen LogP contribution in [-0.2, 0) is 24.1 Å². The minimum Gasteiger partial charge on any atom is -0.494 e. The number of ether oxygens (including phenoxy) is 1. The highest BCUT2D eigenvalue weighted by atomic mass is 16.5. The van der Waals surface area contributed by atoms with Crippen molar-refractivity contribution in [3.63, 3.8) is 0 Å². The van der Waals surface area contributed by atoms with Crippen LogP contribution in [0.25, 0.3) is 0 Å². The molecule has 2 aromatic rings. The summed E-state index contributed by atoms with van der Waals surface area (Å²) in [5.74, 6) is 0.853. The molecule has 0 spiro atoms. The van der Waals surface area contributed by atoms with Crippen molar-refractivity contribution >= 4 is 11.6 Å². The Balaban J connectivity index is 2.07. The standard InChI is InChI=1S/C20H25NO2/c1-4-16-8-7-9-17(5-2)20(16)21-19(22)14-15-10-12-18(13-11-15)23-6-3/h7-13H,4-6,14H2,1-3H3,(H,21,22). The van der Waals surface area contributed by atoms with E-state index in [4.69, 9.17) is 4.74 Å². The van der Waals surface area contributed by atoms with E-state index in [1.807, 2.05) is 31.2 Å². The maximum Gasteiger partial charge on any atom is 0.228 e. The number of rotatable bonds is 7. The molecule has 0 aliphatic rings. The third-order valence-corrected chi connectivity index (χ3v) is 3.86. The predicted octanol–water partition coefficient (Wildman–Crippen LogP) is 4.39. The van der Waals surface area contributed by atoms with Gasteiger partial charge in [-0.1, -0.05) is 44.2 Å². The second kappa shape index (κ2) is 8.37. The van der Waals surface area contributed by atoms with Gasteiger partial charge in [0.1, 0.15) is 5.75 Å². The van der Waals surface area contributed by atoms with Gasteiger partial charge in [0, 0.05) is 5.69 Å². The zero-order valence-electron chi connectivity index (χ0n) is 14.2. The maximum atomic E-state index is 12.4. The highest BCUT2D eigenvalue weighted by Crippen LogP contribution is 2.23. The molecule has 0 heterocycles. The van der Waals surface area contributed by atoms with Gasteiger partial charge >= 0.3 is 0 Å². The quantitative estimate of drug-likeness (QED) is 0.823. The topological polar surface area (TPSA) is 38.3 Å². The first-order chi connectivity index (χ1) is 11.2. The number of aryl methyl sites for hydroxylation is 2. The van der Waals surface area contributed by atoms with Gasteiger partial charge in [-0.2, -0.15) is 0 Å². The Hall–Kier alpha value is -2.29. The van der Waals surface area contributed by atoms with Crippen LogP contribution in [0.2, 0.25) is 0 Å². The molecule has 0 radical (unpaired) electrons. The van der Waals surface area contributed by atoms with Gasteiger partial charge in [-0.25, -0.2) is 0 Å². The Kier molecular flexibility index (Phi) is 6.21. The molecular weight excluding hydrogens is 286 g/mol. The lowest BCUT2D eigenvalue weighted by Crippen LogP contribution is -2.17. The number of para-hydroxylation sites is 1. The van der Waals surface area contributed by atoms with E-state index in [1.165, 1.54) is 11.1 Å². The van der Waals surface area contributed by atoms with Crippen LogP contribution in [0.3, 0.4) is 0 Å². The van der Waals surface area contributed by atoms with Crippen LogP contribution in [0.4, 0.5) is 5.69 Å². The fraction of sp³-hybridized carbons (Fsp3) is 0.350. The molecule has 122 valence electrons. The van der Waals surface area contributed by atoms with Gasteiger partial charge in [0.15, 0.2) is 0 Å². The summed E-state index contributed by atoms with van der Waals surface area (Å²) in [5.41, 5.74) is 4.33. The van der Waals surface area contributed by atoms with Crippen molar-refractivity contribution in [2.24, 2.45) is 0 Å². The largest absolute Gasteiger partial charge is 0.494 e. The number of anilines is 1. The third kappa shape index (κ3) is 4.59. The van der Waals surface area contributed by atoms with Crippen LogP contribution in [0.5, 0.6) is 5.75 Å². The summed E-state index contributed by atoms with van der Waals surface area (Å²) < 4.78 is 5.42. The average Bonchev–Trinajstić information content (AvgIpc) is 2.57. The molecule has 0 saturated carbocycles. The summed E-state index contributed by atoms with van der Waals surface area (Å²) >= 11 is 0. The first-order valence-corrected chi connectivity index (χ1v) is 8.30. The lowest BCUT2D eigenvalue weighted by atomic mass is 10.0. The van der Waals surface area contributed by atoms with E-state index < -0.39 is 0 Å². The first-order valence-electron chi connectivity index (χ1n) is 8.30. The fourth-order valence-electron chi connectivity index (χ4n) is 2.64. The molecule has 0 unspecified atom stereocenters. The Morgan fingerprint density at radius 2 is 1.57 bits per heavy atom.